The van der Waals surface area contributed by atoms with Crippen LogP contribution in [0.1, 0.15) is 19.2 Å². The summed E-state index contributed by atoms with van der Waals surface area (Å²) in [6.07, 6.45) is 0.832. The van der Waals surface area contributed by atoms with Crippen LogP contribution in [-0.4, -0.2) is 28.7 Å². The van der Waals surface area contributed by atoms with Crippen molar-refractivity contribution in [3.63, 3.8) is 0 Å². The second kappa shape index (κ2) is 7.37. The first-order valence-electron chi connectivity index (χ1n) is 9.52. The molecule has 0 saturated carbocycles. The molecule has 30 heavy (non-hydrogen) atoms. The van der Waals surface area contributed by atoms with E-state index < -0.39 is 0 Å². The van der Waals surface area contributed by atoms with Crippen LogP contribution in [0.15, 0.2) is 50.5 Å². The monoisotopic (exact) mass is 438 g/mol. The molecule has 0 aliphatic heterocycles. The fourth-order valence-corrected chi connectivity index (χ4v) is 5.34. The number of aromatic nitrogens is 6. The van der Waals surface area contributed by atoms with E-state index in [1.54, 1.807) is 11.6 Å². The minimum absolute atomic E-state index is 0.0290. The number of hydrogen-bond acceptors (Lipinski definition) is 7. The van der Waals surface area contributed by atoms with Crippen LogP contribution in [0.4, 0.5) is 0 Å². The Morgan fingerprint density at radius 1 is 1.10 bits per heavy atom. The summed E-state index contributed by atoms with van der Waals surface area (Å²) < 4.78 is 5.82. The molecule has 10 heteroatoms. The van der Waals surface area contributed by atoms with E-state index in [2.05, 4.69) is 10.2 Å². The predicted molar refractivity (Wildman–Crippen MR) is 119 cm³/mol. The molecule has 0 saturated heterocycles. The molecule has 0 aliphatic carbocycles. The molecule has 4 heterocycles. The number of nitrogens with zero attached hydrogens (tertiary/aromatic N) is 6. The van der Waals surface area contributed by atoms with Gasteiger partial charge in [0, 0.05) is 13.6 Å². The Bertz CT molecular complexity index is 1530. The summed E-state index contributed by atoms with van der Waals surface area (Å²) in [5, 5.41) is 11.7. The highest BCUT2D eigenvalue weighted by Gasteiger charge is 2.17. The third kappa shape index (κ3) is 2.86. The quantitative estimate of drug-likeness (QED) is 0.310. The molecule has 0 amide bonds. The predicted octanol–water partition coefficient (Wildman–Crippen LogP) is 3.05. The molecule has 0 spiro atoms. The van der Waals surface area contributed by atoms with Crippen molar-refractivity contribution in [3.8, 4) is 0 Å². The van der Waals surface area contributed by atoms with Crippen molar-refractivity contribution in [1.29, 1.82) is 0 Å². The fourth-order valence-electron chi connectivity index (χ4n) is 3.55. The number of thioether (sulfide) groups is 1. The summed E-state index contributed by atoms with van der Waals surface area (Å²) in [5.41, 5.74) is 1.38. The Labute approximate surface area is 178 Å². The molecule has 5 aromatic rings. The van der Waals surface area contributed by atoms with E-state index in [9.17, 15) is 9.59 Å². The summed E-state index contributed by atoms with van der Waals surface area (Å²) in [4.78, 5) is 30.2. The average molecular weight is 439 g/mol. The van der Waals surface area contributed by atoms with E-state index in [1.165, 1.54) is 27.7 Å². The Kier molecular flexibility index (Phi) is 4.67. The molecule has 0 N–H and O–H groups in total. The van der Waals surface area contributed by atoms with Crippen molar-refractivity contribution in [2.24, 2.45) is 7.05 Å². The molecule has 0 aliphatic rings. The summed E-state index contributed by atoms with van der Waals surface area (Å²) in [7, 11) is 1.70. The second-order valence-corrected chi connectivity index (χ2v) is 8.77. The van der Waals surface area contributed by atoms with Crippen LogP contribution < -0.4 is 11.1 Å². The molecular formula is C20H18N6O2S2. The van der Waals surface area contributed by atoms with Gasteiger partial charge in [0.05, 0.1) is 22.2 Å². The van der Waals surface area contributed by atoms with Gasteiger partial charge >= 0.3 is 0 Å². The lowest BCUT2D eigenvalue weighted by atomic mass is 10.2. The molecule has 0 unspecified atom stereocenters. The molecule has 4 aromatic heterocycles. The number of thiophene rings is 1. The third-order valence-corrected chi connectivity index (χ3v) is 6.87. The van der Waals surface area contributed by atoms with Crippen molar-refractivity contribution in [2.75, 3.05) is 0 Å². The maximum Gasteiger partial charge on any atom is 0.272 e. The Morgan fingerprint density at radius 3 is 2.77 bits per heavy atom. The Morgan fingerprint density at radius 2 is 1.93 bits per heavy atom. The lowest BCUT2D eigenvalue weighted by Crippen LogP contribution is -2.23. The molecule has 0 fully saturated rings. The zero-order valence-electron chi connectivity index (χ0n) is 16.4. The molecular weight excluding hydrogens is 420 g/mol. The van der Waals surface area contributed by atoms with Gasteiger partial charge in [-0.05, 0) is 30.0 Å². The first-order chi connectivity index (χ1) is 14.6. The lowest BCUT2D eigenvalue weighted by molar-refractivity contribution is 0.584. The van der Waals surface area contributed by atoms with Crippen LogP contribution in [-0.2, 0) is 19.3 Å². The second-order valence-electron chi connectivity index (χ2n) is 6.91. The highest BCUT2D eigenvalue weighted by Crippen LogP contribution is 2.25. The van der Waals surface area contributed by atoms with Gasteiger partial charge in [0.15, 0.2) is 5.16 Å². The van der Waals surface area contributed by atoms with Crippen LogP contribution in [0.5, 0.6) is 0 Å². The van der Waals surface area contributed by atoms with Crippen LogP contribution in [0.2, 0.25) is 0 Å². The Balaban J connectivity index is 1.61. The van der Waals surface area contributed by atoms with E-state index in [0.717, 1.165) is 11.9 Å². The molecule has 0 bridgehead atoms. The van der Waals surface area contributed by atoms with Crippen molar-refractivity contribution < 1.29 is 0 Å². The van der Waals surface area contributed by atoms with Gasteiger partial charge in [-0.15, -0.1) is 21.5 Å². The molecule has 0 radical (unpaired) electrons. The number of hydrogen-bond donors (Lipinski definition) is 0. The van der Waals surface area contributed by atoms with Crippen LogP contribution >= 0.6 is 23.1 Å². The normalized spacial score (nSPS) is 11.8. The van der Waals surface area contributed by atoms with Crippen LogP contribution in [0.3, 0.4) is 0 Å². The third-order valence-electron chi connectivity index (χ3n) is 5.00. The van der Waals surface area contributed by atoms with Gasteiger partial charge in [-0.1, -0.05) is 30.8 Å². The van der Waals surface area contributed by atoms with E-state index in [-0.39, 0.29) is 11.1 Å². The lowest BCUT2D eigenvalue weighted by Gasteiger charge is -2.12. The van der Waals surface area contributed by atoms with Crippen molar-refractivity contribution in [1.82, 2.24) is 28.7 Å². The van der Waals surface area contributed by atoms with E-state index in [4.69, 9.17) is 4.98 Å². The van der Waals surface area contributed by atoms with Gasteiger partial charge in [0.25, 0.3) is 11.1 Å². The van der Waals surface area contributed by atoms with E-state index in [0.29, 0.717) is 44.7 Å². The van der Waals surface area contributed by atoms with E-state index >= 15 is 0 Å². The highest BCUT2D eigenvalue weighted by molar-refractivity contribution is 7.98. The molecule has 152 valence electrons. The Hall–Kier alpha value is -2.98. The highest BCUT2D eigenvalue weighted by atomic mass is 32.2. The fraction of sp³-hybridized carbons (Fsp3) is 0.250. The van der Waals surface area contributed by atoms with Gasteiger partial charge in [0.1, 0.15) is 10.5 Å². The van der Waals surface area contributed by atoms with Crippen molar-refractivity contribution >= 4 is 50.0 Å². The average Bonchev–Trinajstić information content (AvgIpc) is 3.40. The minimum Gasteiger partial charge on any atom is -0.287 e. The molecule has 1 aromatic carbocycles. The summed E-state index contributed by atoms with van der Waals surface area (Å²) in [5.74, 6) is 1.68. The minimum atomic E-state index is -0.0768. The SMILES string of the molecule is CCCn1c(SCc2nnc3n(C)c(=O)c4sccc4n23)nc2ccccc2c1=O. The standard InChI is InChI=1S/C20H18N6O2S2/c1-3-9-25-17(27)12-6-4-5-7-13(12)21-20(25)30-11-15-22-23-19-24(2)18(28)16-14(26(15)19)8-10-29-16/h4-8,10H,3,9,11H2,1-2H3. The number of para-hydroxylation sites is 1. The maximum atomic E-state index is 13.0. The number of fused-ring (bicyclic) bond motifs is 4. The smallest absolute Gasteiger partial charge is 0.272 e. The largest absolute Gasteiger partial charge is 0.287 e. The number of benzene rings is 1. The van der Waals surface area contributed by atoms with Gasteiger partial charge in [-0.25, -0.2) is 4.98 Å². The summed E-state index contributed by atoms with van der Waals surface area (Å²) >= 11 is 2.86. The molecule has 0 atom stereocenters. The summed E-state index contributed by atoms with van der Waals surface area (Å²) in [6, 6.07) is 9.31. The van der Waals surface area contributed by atoms with Gasteiger partial charge in [0.2, 0.25) is 5.78 Å². The summed E-state index contributed by atoms with van der Waals surface area (Å²) in [6.45, 7) is 2.64. The first-order valence-corrected chi connectivity index (χ1v) is 11.4. The van der Waals surface area contributed by atoms with Crippen LogP contribution in [0, 0.1) is 0 Å². The first kappa shape index (κ1) is 19.0. The molecule has 5 rings (SSSR count). The van der Waals surface area contributed by atoms with Gasteiger partial charge in [-0.3, -0.25) is 23.1 Å². The van der Waals surface area contributed by atoms with Crippen LogP contribution in [0.25, 0.3) is 26.9 Å². The van der Waals surface area contributed by atoms with E-state index in [1.807, 2.05) is 47.0 Å². The maximum absolute atomic E-state index is 13.0. The van der Waals surface area contributed by atoms with Gasteiger partial charge in [-0.2, -0.15) is 0 Å². The van der Waals surface area contributed by atoms with Crippen molar-refractivity contribution in [2.45, 2.75) is 30.8 Å². The molecule has 8 nitrogen and oxygen atoms in total. The van der Waals surface area contributed by atoms with Crippen molar-refractivity contribution in [3.05, 3.63) is 62.2 Å². The van der Waals surface area contributed by atoms with Gasteiger partial charge < -0.3 is 0 Å². The zero-order chi connectivity index (χ0) is 20.8. The topological polar surface area (TPSA) is 87.1 Å². The number of aryl methyl sites for hydroxylation is 1. The zero-order valence-corrected chi connectivity index (χ0v) is 18.0. The number of rotatable bonds is 5.